The topological polar surface area (TPSA) is 95.6 Å². The van der Waals surface area contributed by atoms with Crippen molar-refractivity contribution in [2.45, 2.75) is 12.0 Å². The summed E-state index contributed by atoms with van der Waals surface area (Å²) in [6.07, 6.45) is 0. The van der Waals surface area contributed by atoms with Crippen LogP contribution in [0, 0.1) is 0 Å². The van der Waals surface area contributed by atoms with Gasteiger partial charge in [0, 0.05) is 29.1 Å². The van der Waals surface area contributed by atoms with E-state index in [1.807, 2.05) is 48.5 Å². The van der Waals surface area contributed by atoms with Crippen molar-refractivity contribution in [2.75, 3.05) is 45.8 Å². The van der Waals surface area contributed by atoms with E-state index in [0.717, 1.165) is 5.56 Å². The molecular weight excluding hydrogens is 536 g/mol. The molecule has 1 N–H and O–H groups in total. The number of ether oxygens (including phenoxy) is 5. The lowest BCUT2D eigenvalue weighted by atomic mass is 9.78. The summed E-state index contributed by atoms with van der Waals surface area (Å²) in [4.78, 5) is 30.2. The Morgan fingerprint density at radius 1 is 0.714 bits per heavy atom. The fourth-order valence-corrected chi connectivity index (χ4v) is 5.36. The van der Waals surface area contributed by atoms with Gasteiger partial charge in [-0.25, -0.2) is 0 Å². The molecule has 0 saturated heterocycles. The fourth-order valence-electron chi connectivity index (χ4n) is 5.36. The highest BCUT2D eigenvalue weighted by atomic mass is 16.5. The Morgan fingerprint density at radius 2 is 1.29 bits per heavy atom. The van der Waals surface area contributed by atoms with Crippen LogP contribution in [-0.4, -0.2) is 47.4 Å². The molecule has 1 aliphatic rings. The Morgan fingerprint density at radius 3 is 1.83 bits per heavy atom. The van der Waals surface area contributed by atoms with Crippen molar-refractivity contribution in [3.8, 4) is 28.7 Å². The molecule has 4 aromatic rings. The van der Waals surface area contributed by atoms with E-state index in [-0.39, 0.29) is 11.8 Å². The van der Waals surface area contributed by atoms with E-state index in [1.165, 1.54) is 21.3 Å². The molecule has 2 atom stereocenters. The van der Waals surface area contributed by atoms with Gasteiger partial charge < -0.3 is 29.0 Å². The number of fused-ring (bicyclic) bond motifs is 1. The van der Waals surface area contributed by atoms with Gasteiger partial charge in [-0.2, -0.15) is 0 Å². The van der Waals surface area contributed by atoms with Gasteiger partial charge in [-0.15, -0.1) is 0 Å². The number of nitrogens with zero attached hydrogens (tertiary/aromatic N) is 1. The molecule has 0 saturated carbocycles. The van der Waals surface area contributed by atoms with Crippen molar-refractivity contribution in [3.63, 3.8) is 0 Å². The molecular formula is C33H32N2O7. The molecule has 1 aliphatic heterocycles. The average molecular weight is 569 g/mol. The molecule has 1 heterocycles. The molecule has 0 unspecified atom stereocenters. The second kappa shape index (κ2) is 12.1. The van der Waals surface area contributed by atoms with Crippen molar-refractivity contribution >= 4 is 23.2 Å². The maximum atomic E-state index is 14.4. The normalized spacial score (nSPS) is 15.8. The first kappa shape index (κ1) is 28.4. The van der Waals surface area contributed by atoms with E-state index in [4.69, 9.17) is 23.7 Å². The smallest absolute Gasteiger partial charge is 0.259 e. The number of anilines is 2. The van der Waals surface area contributed by atoms with Gasteiger partial charge in [0.2, 0.25) is 11.7 Å². The first-order valence-corrected chi connectivity index (χ1v) is 13.2. The number of amides is 2. The highest BCUT2D eigenvalue weighted by molar-refractivity contribution is 6.12. The quantitative estimate of drug-likeness (QED) is 0.271. The van der Waals surface area contributed by atoms with Gasteiger partial charge in [-0.1, -0.05) is 30.3 Å². The summed E-state index contributed by atoms with van der Waals surface area (Å²) in [5.74, 6) is 1.21. The lowest BCUT2D eigenvalue weighted by Gasteiger charge is -2.42. The van der Waals surface area contributed by atoms with Gasteiger partial charge in [0.25, 0.3) is 5.91 Å². The molecule has 9 heteroatoms. The van der Waals surface area contributed by atoms with Gasteiger partial charge in [0.15, 0.2) is 11.5 Å². The molecule has 42 heavy (non-hydrogen) atoms. The molecule has 0 spiro atoms. The Kier molecular flexibility index (Phi) is 8.19. The number of nitrogens with one attached hydrogen (secondary N) is 1. The van der Waals surface area contributed by atoms with E-state index in [2.05, 4.69) is 5.32 Å². The molecule has 0 aromatic heterocycles. The Balaban J connectivity index is 1.67. The van der Waals surface area contributed by atoms with Crippen LogP contribution in [0.5, 0.6) is 28.7 Å². The van der Waals surface area contributed by atoms with Gasteiger partial charge in [0.1, 0.15) is 11.5 Å². The zero-order valence-corrected chi connectivity index (χ0v) is 24.0. The summed E-state index contributed by atoms with van der Waals surface area (Å²) in [6, 6.07) is 24.5. The van der Waals surface area contributed by atoms with Gasteiger partial charge >= 0.3 is 0 Å². The van der Waals surface area contributed by atoms with Crippen LogP contribution < -0.4 is 33.9 Å². The van der Waals surface area contributed by atoms with Crippen molar-refractivity contribution in [3.05, 3.63) is 102 Å². The van der Waals surface area contributed by atoms with Crippen molar-refractivity contribution in [1.82, 2.24) is 0 Å². The zero-order chi connectivity index (χ0) is 29.8. The summed E-state index contributed by atoms with van der Waals surface area (Å²) < 4.78 is 27.1. The summed E-state index contributed by atoms with van der Waals surface area (Å²) in [6.45, 7) is 0. The van der Waals surface area contributed by atoms with Gasteiger partial charge in [-0.3, -0.25) is 14.5 Å². The Bertz CT molecular complexity index is 1560. The second-order valence-corrected chi connectivity index (χ2v) is 9.56. The third-order valence-corrected chi connectivity index (χ3v) is 7.36. The Hall–Kier alpha value is -5.18. The number of hydrogen-bond acceptors (Lipinski definition) is 7. The number of carbonyl (C=O) groups excluding carboxylic acids is 2. The van der Waals surface area contributed by atoms with E-state index >= 15 is 0 Å². The standard InChI is InChI=1S/C33H32N2O7/c1-38-23-14-10-20(11-15-23)30-29(32(36)34-21-18-27(40-3)31(42-5)28(19-21)41-4)25-8-6-7-9-26(25)33(37)35(30)22-12-16-24(39-2)17-13-22/h6-19,29-30H,1-5H3,(H,34,36)/t29-,30+/m0/s1. The maximum Gasteiger partial charge on any atom is 0.259 e. The number of rotatable bonds is 9. The van der Waals surface area contributed by atoms with Crippen LogP contribution in [0.4, 0.5) is 11.4 Å². The minimum absolute atomic E-state index is 0.214. The van der Waals surface area contributed by atoms with Crippen LogP contribution in [0.1, 0.15) is 33.4 Å². The molecule has 0 fully saturated rings. The van der Waals surface area contributed by atoms with Crippen LogP contribution in [0.2, 0.25) is 0 Å². The summed E-state index contributed by atoms with van der Waals surface area (Å²) >= 11 is 0. The van der Waals surface area contributed by atoms with E-state index < -0.39 is 12.0 Å². The lowest BCUT2D eigenvalue weighted by Crippen LogP contribution is -2.46. The third kappa shape index (κ3) is 5.16. The molecule has 4 aromatic carbocycles. The minimum atomic E-state index is -0.784. The summed E-state index contributed by atoms with van der Waals surface area (Å²) in [5.41, 5.74) is 2.91. The van der Waals surface area contributed by atoms with E-state index in [0.29, 0.717) is 51.2 Å². The van der Waals surface area contributed by atoms with Crippen LogP contribution in [0.15, 0.2) is 84.9 Å². The van der Waals surface area contributed by atoms with E-state index in [1.54, 1.807) is 55.5 Å². The second-order valence-electron chi connectivity index (χ2n) is 9.56. The molecule has 0 bridgehead atoms. The zero-order valence-electron chi connectivity index (χ0n) is 24.0. The molecule has 216 valence electrons. The average Bonchev–Trinajstić information content (AvgIpc) is 3.04. The monoisotopic (exact) mass is 568 g/mol. The summed E-state index contributed by atoms with van der Waals surface area (Å²) in [5, 5.41) is 3.04. The van der Waals surface area contributed by atoms with Crippen molar-refractivity contribution in [2.24, 2.45) is 0 Å². The fraction of sp³-hybridized carbons (Fsp3) is 0.212. The third-order valence-electron chi connectivity index (χ3n) is 7.36. The van der Waals surface area contributed by atoms with Crippen LogP contribution in [0.25, 0.3) is 0 Å². The molecule has 0 aliphatic carbocycles. The van der Waals surface area contributed by atoms with Crippen LogP contribution in [0.3, 0.4) is 0 Å². The molecule has 5 rings (SSSR count). The Labute approximate surface area is 244 Å². The SMILES string of the molecule is COc1ccc([C@@H]2[C@@H](C(=O)Nc3cc(OC)c(OC)c(OC)c3)c3ccccc3C(=O)N2c2ccc(OC)cc2)cc1. The predicted octanol–water partition coefficient (Wildman–Crippen LogP) is 5.85. The number of hydrogen-bond donors (Lipinski definition) is 1. The molecule has 2 amide bonds. The number of methoxy groups -OCH3 is 5. The minimum Gasteiger partial charge on any atom is -0.497 e. The predicted molar refractivity (Wildman–Crippen MR) is 159 cm³/mol. The van der Waals surface area contributed by atoms with Crippen LogP contribution >= 0.6 is 0 Å². The maximum absolute atomic E-state index is 14.4. The van der Waals surface area contributed by atoms with Crippen LogP contribution in [-0.2, 0) is 4.79 Å². The van der Waals surface area contributed by atoms with Gasteiger partial charge in [-0.05, 0) is 53.6 Å². The first-order chi connectivity index (χ1) is 20.4. The van der Waals surface area contributed by atoms with E-state index in [9.17, 15) is 9.59 Å². The van der Waals surface area contributed by atoms with Crippen molar-refractivity contribution < 1.29 is 33.3 Å². The van der Waals surface area contributed by atoms with Crippen molar-refractivity contribution in [1.29, 1.82) is 0 Å². The van der Waals surface area contributed by atoms with Gasteiger partial charge in [0.05, 0.1) is 47.5 Å². The molecule has 0 radical (unpaired) electrons. The lowest BCUT2D eigenvalue weighted by molar-refractivity contribution is -0.118. The number of benzene rings is 4. The highest BCUT2D eigenvalue weighted by Crippen LogP contribution is 2.47. The number of carbonyl (C=O) groups is 2. The largest absolute Gasteiger partial charge is 0.497 e. The highest BCUT2D eigenvalue weighted by Gasteiger charge is 2.45. The first-order valence-electron chi connectivity index (χ1n) is 13.2. The molecule has 9 nitrogen and oxygen atoms in total. The summed E-state index contributed by atoms with van der Waals surface area (Å²) in [7, 11) is 7.71.